The number of anilines is 1. The molecule has 4 N–H and O–H groups in total. The monoisotopic (exact) mass is 456 g/mol. The van der Waals surface area contributed by atoms with Gasteiger partial charge in [0.05, 0.1) is 12.8 Å². The Balaban J connectivity index is 2.61. The second-order valence-electron chi connectivity index (χ2n) is 7.98. The molecule has 0 saturated heterocycles. The van der Waals surface area contributed by atoms with Crippen LogP contribution < -0.4 is 20.9 Å². The first-order valence-electron chi connectivity index (χ1n) is 10.2. The normalized spacial score (nSPS) is 11.6. The molecule has 0 heterocycles. The standard InChI is InChI=1S/C21H33ClN4O5/c1-13(2)6-7-26(12-19(27)25-30)20(28)8-14(3)11-23-21(29)24-17-9-15(4)16(22)10-18(17)31-5/h9-10,13-14,30H,6-8,11-12H2,1-5H3,(H,25,27)(H2,23,24,29)/t14-/m0/s1. The Labute approximate surface area is 188 Å². The van der Waals surface area contributed by atoms with Crippen molar-refractivity contribution in [2.75, 3.05) is 32.1 Å². The van der Waals surface area contributed by atoms with Crippen LogP contribution in [0.2, 0.25) is 5.02 Å². The smallest absolute Gasteiger partial charge is 0.319 e. The van der Waals surface area contributed by atoms with Crippen molar-refractivity contribution in [1.29, 1.82) is 0 Å². The number of halogens is 1. The molecule has 10 heteroatoms. The van der Waals surface area contributed by atoms with Crippen molar-refractivity contribution in [3.05, 3.63) is 22.7 Å². The number of aryl methyl sites for hydroxylation is 1. The lowest BCUT2D eigenvalue weighted by molar-refractivity contribution is -0.140. The number of amides is 4. The minimum absolute atomic E-state index is 0.153. The van der Waals surface area contributed by atoms with Gasteiger partial charge in [-0.25, -0.2) is 10.3 Å². The first-order valence-corrected chi connectivity index (χ1v) is 10.5. The summed E-state index contributed by atoms with van der Waals surface area (Å²) in [6.45, 7) is 8.17. The van der Waals surface area contributed by atoms with E-state index in [0.717, 1.165) is 12.0 Å². The fourth-order valence-electron chi connectivity index (χ4n) is 2.78. The van der Waals surface area contributed by atoms with E-state index in [0.29, 0.717) is 28.9 Å². The number of methoxy groups -OCH3 is 1. The van der Waals surface area contributed by atoms with Gasteiger partial charge in [-0.2, -0.15) is 0 Å². The van der Waals surface area contributed by atoms with Crippen molar-refractivity contribution in [3.63, 3.8) is 0 Å². The SMILES string of the molecule is COc1cc(Cl)c(C)cc1NC(=O)NC[C@@H](C)CC(=O)N(CCC(C)C)CC(=O)NO. The van der Waals surface area contributed by atoms with Gasteiger partial charge in [-0.05, 0) is 36.8 Å². The van der Waals surface area contributed by atoms with Gasteiger partial charge in [-0.15, -0.1) is 0 Å². The molecule has 1 aromatic carbocycles. The molecule has 9 nitrogen and oxygen atoms in total. The van der Waals surface area contributed by atoms with E-state index in [-0.39, 0.29) is 31.3 Å². The van der Waals surface area contributed by atoms with Gasteiger partial charge in [0.15, 0.2) is 0 Å². The molecule has 0 unspecified atom stereocenters. The highest BCUT2D eigenvalue weighted by Crippen LogP contribution is 2.30. The molecule has 1 rings (SSSR count). The predicted molar refractivity (Wildman–Crippen MR) is 120 cm³/mol. The first-order chi connectivity index (χ1) is 14.6. The highest BCUT2D eigenvalue weighted by molar-refractivity contribution is 6.31. The Morgan fingerprint density at radius 2 is 1.90 bits per heavy atom. The van der Waals surface area contributed by atoms with Crippen molar-refractivity contribution < 1.29 is 24.3 Å². The summed E-state index contributed by atoms with van der Waals surface area (Å²) in [6, 6.07) is 2.91. The van der Waals surface area contributed by atoms with Gasteiger partial charge in [0.1, 0.15) is 12.3 Å². The summed E-state index contributed by atoms with van der Waals surface area (Å²) in [5.41, 5.74) is 2.84. The van der Waals surface area contributed by atoms with Gasteiger partial charge < -0.3 is 20.3 Å². The zero-order chi connectivity index (χ0) is 23.6. The topological polar surface area (TPSA) is 120 Å². The molecule has 0 radical (unpaired) electrons. The van der Waals surface area contributed by atoms with Crippen LogP contribution in [-0.2, 0) is 9.59 Å². The summed E-state index contributed by atoms with van der Waals surface area (Å²) in [6.07, 6.45) is 0.891. The van der Waals surface area contributed by atoms with Crippen LogP contribution in [0, 0.1) is 18.8 Å². The van der Waals surface area contributed by atoms with E-state index in [1.165, 1.54) is 12.0 Å². The van der Waals surface area contributed by atoms with E-state index in [9.17, 15) is 14.4 Å². The number of rotatable bonds is 11. The van der Waals surface area contributed by atoms with Crippen molar-refractivity contribution in [1.82, 2.24) is 15.7 Å². The van der Waals surface area contributed by atoms with E-state index < -0.39 is 11.9 Å². The van der Waals surface area contributed by atoms with Crippen LogP contribution in [-0.4, -0.2) is 54.7 Å². The highest BCUT2D eigenvalue weighted by atomic mass is 35.5. The van der Waals surface area contributed by atoms with E-state index in [1.807, 2.05) is 27.7 Å². The van der Waals surface area contributed by atoms with E-state index in [1.54, 1.807) is 17.6 Å². The molecule has 31 heavy (non-hydrogen) atoms. The lowest BCUT2D eigenvalue weighted by Gasteiger charge is -2.24. The Hall–Kier alpha value is -2.52. The number of carbonyl (C=O) groups excluding carboxylic acids is 3. The third-order valence-electron chi connectivity index (χ3n) is 4.65. The fraction of sp³-hybridized carbons (Fsp3) is 0.571. The second-order valence-corrected chi connectivity index (χ2v) is 8.39. The average molecular weight is 457 g/mol. The molecule has 0 aliphatic carbocycles. The molecule has 0 aliphatic rings. The summed E-state index contributed by atoms with van der Waals surface area (Å²) >= 11 is 6.08. The van der Waals surface area contributed by atoms with E-state index in [4.69, 9.17) is 21.5 Å². The van der Waals surface area contributed by atoms with Crippen LogP contribution in [0.3, 0.4) is 0 Å². The third-order valence-corrected chi connectivity index (χ3v) is 5.06. The molecule has 0 bridgehead atoms. The minimum Gasteiger partial charge on any atom is -0.495 e. The fourth-order valence-corrected chi connectivity index (χ4v) is 2.93. The molecule has 0 aromatic heterocycles. The van der Waals surface area contributed by atoms with Crippen LogP contribution in [0.15, 0.2) is 12.1 Å². The van der Waals surface area contributed by atoms with Gasteiger partial charge in [0.25, 0.3) is 5.91 Å². The van der Waals surface area contributed by atoms with Gasteiger partial charge >= 0.3 is 6.03 Å². The van der Waals surface area contributed by atoms with Gasteiger partial charge in [-0.3, -0.25) is 14.8 Å². The second kappa shape index (κ2) is 13.0. The summed E-state index contributed by atoms with van der Waals surface area (Å²) in [7, 11) is 1.49. The zero-order valence-electron chi connectivity index (χ0n) is 18.8. The van der Waals surface area contributed by atoms with Crippen molar-refractivity contribution in [2.24, 2.45) is 11.8 Å². The number of hydroxylamine groups is 1. The van der Waals surface area contributed by atoms with Gasteiger partial charge in [0.2, 0.25) is 5.91 Å². The summed E-state index contributed by atoms with van der Waals surface area (Å²) in [5.74, 6) is -0.213. The first kappa shape index (κ1) is 26.5. The predicted octanol–water partition coefficient (Wildman–Crippen LogP) is 3.18. The molecule has 4 amide bonds. The van der Waals surface area contributed by atoms with Crippen molar-refractivity contribution in [3.8, 4) is 5.75 Å². The quantitative estimate of drug-likeness (QED) is 0.301. The Kier molecular flexibility index (Phi) is 11.1. The number of ether oxygens (including phenoxy) is 1. The molecule has 0 spiro atoms. The maximum absolute atomic E-state index is 12.6. The van der Waals surface area contributed by atoms with Crippen molar-refractivity contribution >= 4 is 35.1 Å². The number of urea groups is 1. The summed E-state index contributed by atoms with van der Waals surface area (Å²) < 4.78 is 5.24. The number of hydrogen-bond donors (Lipinski definition) is 4. The zero-order valence-corrected chi connectivity index (χ0v) is 19.5. The summed E-state index contributed by atoms with van der Waals surface area (Å²) in [4.78, 5) is 37.8. The Morgan fingerprint density at radius 3 is 2.48 bits per heavy atom. The number of benzene rings is 1. The molecule has 1 atom stereocenters. The largest absolute Gasteiger partial charge is 0.495 e. The lowest BCUT2D eigenvalue weighted by Crippen LogP contribution is -2.42. The van der Waals surface area contributed by atoms with Crippen LogP contribution in [0.4, 0.5) is 10.5 Å². The highest BCUT2D eigenvalue weighted by Gasteiger charge is 2.20. The number of hydrogen-bond acceptors (Lipinski definition) is 5. The maximum atomic E-state index is 12.6. The Bertz CT molecular complexity index is 772. The van der Waals surface area contributed by atoms with Gasteiger partial charge in [0, 0.05) is 30.6 Å². The Morgan fingerprint density at radius 1 is 1.23 bits per heavy atom. The molecule has 1 aromatic rings. The summed E-state index contributed by atoms with van der Waals surface area (Å²) in [5, 5.41) is 14.7. The number of nitrogens with zero attached hydrogens (tertiary/aromatic N) is 1. The molecular formula is C21H33ClN4O5. The third kappa shape index (κ3) is 9.44. The van der Waals surface area contributed by atoms with Crippen LogP contribution in [0.5, 0.6) is 5.75 Å². The molecule has 0 fully saturated rings. The maximum Gasteiger partial charge on any atom is 0.319 e. The van der Waals surface area contributed by atoms with Crippen LogP contribution in [0.25, 0.3) is 0 Å². The van der Waals surface area contributed by atoms with Crippen LogP contribution in [0.1, 0.15) is 39.2 Å². The number of nitrogens with one attached hydrogen (secondary N) is 3. The molecule has 174 valence electrons. The van der Waals surface area contributed by atoms with E-state index in [2.05, 4.69) is 10.6 Å². The van der Waals surface area contributed by atoms with Gasteiger partial charge in [-0.1, -0.05) is 32.4 Å². The van der Waals surface area contributed by atoms with Crippen molar-refractivity contribution in [2.45, 2.75) is 40.5 Å². The lowest BCUT2D eigenvalue weighted by atomic mass is 10.1. The molecular weight excluding hydrogens is 424 g/mol. The van der Waals surface area contributed by atoms with Crippen LogP contribution >= 0.6 is 11.6 Å². The molecule has 0 saturated carbocycles. The molecule has 0 aliphatic heterocycles. The average Bonchev–Trinajstić information content (AvgIpc) is 2.71. The minimum atomic E-state index is -0.644. The number of carbonyl (C=O) groups is 3. The van der Waals surface area contributed by atoms with E-state index >= 15 is 0 Å².